The van der Waals surface area contributed by atoms with E-state index >= 15 is 0 Å². The molecule has 1 N–H and O–H groups in total. The van der Waals surface area contributed by atoms with Crippen LogP contribution in [0.4, 0.5) is 4.79 Å². The van der Waals surface area contributed by atoms with Gasteiger partial charge in [-0.3, -0.25) is 9.59 Å². The van der Waals surface area contributed by atoms with E-state index in [0.717, 1.165) is 12.8 Å². The summed E-state index contributed by atoms with van der Waals surface area (Å²) in [6.07, 6.45) is 1.26. The molecule has 0 atom stereocenters. The average Bonchev–Trinajstić information content (AvgIpc) is 2.62. The Morgan fingerprint density at radius 1 is 1.15 bits per heavy atom. The summed E-state index contributed by atoms with van der Waals surface area (Å²) in [7, 11) is 0. The van der Waals surface area contributed by atoms with E-state index in [1.54, 1.807) is 36.1 Å². The Morgan fingerprint density at radius 2 is 1.78 bits per heavy atom. The van der Waals surface area contributed by atoms with Gasteiger partial charge < -0.3 is 19.7 Å². The molecule has 1 saturated heterocycles. The summed E-state index contributed by atoms with van der Waals surface area (Å²) in [6.45, 7) is 7.18. The molecule has 1 aromatic carbocycles. The van der Waals surface area contributed by atoms with Crippen molar-refractivity contribution in [2.24, 2.45) is 5.92 Å². The maximum atomic E-state index is 12.6. The Balaban J connectivity index is 1.83. The molecule has 1 aliphatic rings. The molecule has 0 bridgehead atoms. The van der Waals surface area contributed by atoms with Crippen molar-refractivity contribution >= 4 is 18.0 Å². The smallest absolute Gasteiger partial charge is 0.434 e. The highest BCUT2D eigenvalue weighted by molar-refractivity contribution is 5.94. The summed E-state index contributed by atoms with van der Waals surface area (Å²) in [5.74, 6) is 0.677. The van der Waals surface area contributed by atoms with Crippen LogP contribution < -0.4 is 10.1 Å². The summed E-state index contributed by atoms with van der Waals surface area (Å²) < 4.78 is 9.70. The zero-order valence-electron chi connectivity index (χ0n) is 16.2. The summed E-state index contributed by atoms with van der Waals surface area (Å²) in [4.78, 5) is 37.6. The van der Waals surface area contributed by atoms with Crippen molar-refractivity contribution in [3.05, 3.63) is 29.8 Å². The Kier molecular flexibility index (Phi) is 7.64. The Hall–Kier alpha value is -2.57. The van der Waals surface area contributed by atoms with Gasteiger partial charge in [-0.25, -0.2) is 4.79 Å². The third-order valence-electron chi connectivity index (χ3n) is 4.31. The summed E-state index contributed by atoms with van der Waals surface area (Å²) >= 11 is 0. The van der Waals surface area contributed by atoms with Gasteiger partial charge in [0.2, 0.25) is 5.91 Å². The van der Waals surface area contributed by atoms with Crippen LogP contribution in [0.2, 0.25) is 0 Å². The molecule has 0 unspecified atom stereocenters. The first-order valence-electron chi connectivity index (χ1n) is 9.42. The molecule has 0 aromatic heterocycles. The van der Waals surface area contributed by atoms with Crippen LogP contribution in [0.25, 0.3) is 0 Å². The van der Waals surface area contributed by atoms with Crippen molar-refractivity contribution in [1.82, 2.24) is 10.2 Å². The number of likely N-dealkylation sites (tertiary alicyclic amines) is 1. The molecule has 2 rings (SSSR count). The molecule has 27 heavy (non-hydrogen) atoms. The fraction of sp³-hybridized carbons (Fsp3) is 0.550. The van der Waals surface area contributed by atoms with Crippen molar-refractivity contribution in [1.29, 1.82) is 0 Å². The zero-order chi connectivity index (χ0) is 19.8. The molecule has 7 nitrogen and oxygen atoms in total. The first-order chi connectivity index (χ1) is 12.9. The third-order valence-corrected chi connectivity index (χ3v) is 4.31. The van der Waals surface area contributed by atoms with Gasteiger partial charge in [-0.2, -0.15) is 0 Å². The molecule has 148 valence electrons. The number of carbonyl (C=O) groups excluding carboxylic acids is 3. The van der Waals surface area contributed by atoms with E-state index in [4.69, 9.17) is 9.47 Å². The number of nitrogens with zero attached hydrogens (tertiary/aromatic N) is 1. The van der Waals surface area contributed by atoms with Crippen LogP contribution in [0.3, 0.4) is 0 Å². The van der Waals surface area contributed by atoms with Crippen LogP contribution in [0.1, 0.15) is 50.4 Å². The van der Waals surface area contributed by atoms with Gasteiger partial charge in [-0.1, -0.05) is 13.8 Å². The van der Waals surface area contributed by atoms with Crippen LogP contribution >= 0.6 is 0 Å². The second-order valence-corrected chi connectivity index (χ2v) is 7.04. The van der Waals surface area contributed by atoms with Crippen LogP contribution in [0, 0.1) is 5.92 Å². The minimum absolute atomic E-state index is 0.0651. The van der Waals surface area contributed by atoms with Gasteiger partial charge >= 0.3 is 6.16 Å². The van der Waals surface area contributed by atoms with E-state index in [1.807, 2.05) is 13.8 Å². The van der Waals surface area contributed by atoms with Crippen LogP contribution in [-0.2, 0) is 9.53 Å². The number of benzene rings is 1. The first kappa shape index (κ1) is 20.7. The molecule has 0 spiro atoms. The molecule has 2 amide bonds. The van der Waals surface area contributed by atoms with Crippen molar-refractivity contribution in [2.45, 2.75) is 46.1 Å². The number of hydrogen-bond acceptors (Lipinski definition) is 5. The fourth-order valence-electron chi connectivity index (χ4n) is 2.98. The Morgan fingerprint density at radius 3 is 2.33 bits per heavy atom. The van der Waals surface area contributed by atoms with E-state index in [1.165, 1.54) is 0 Å². The minimum Gasteiger partial charge on any atom is -0.434 e. The minimum atomic E-state index is -0.766. The van der Waals surface area contributed by atoms with Gasteiger partial charge in [0.25, 0.3) is 5.91 Å². The molecule has 0 saturated carbocycles. The maximum Gasteiger partial charge on any atom is 0.513 e. The number of ether oxygens (including phenoxy) is 2. The molecular formula is C20H28N2O5. The predicted octanol–water partition coefficient (Wildman–Crippen LogP) is 2.99. The van der Waals surface area contributed by atoms with Gasteiger partial charge in [0.05, 0.1) is 6.61 Å². The van der Waals surface area contributed by atoms with E-state index < -0.39 is 6.16 Å². The highest BCUT2D eigenvalue weighted by Crippen LogP contribution is 2.18. The molecule has 7 heteroatoms. The van der Waals surface area contributed by atoms with Crippen molar-refractivity contribution in [2.75, 3.05) is 19.7 Å². The van der Waals surface area contributed by atoms with Crippen molar-refractivity contribution < 1.29 is 23.9 Å². The van der Waals surface area contributed by atoms with Crippen molar-refractivity contribution in [3.8, 4) is 5.75 Å². The molecule has 1 aliphatic heterocycles. The lowest BCUT2D eigenvalue weighted by Crippen LogP contribution is -2.46. The fourth-order valence-corrected chi connectivity index (χ4v) is 2.98. The highest BCUT2D eigenvalue weighted by Gasteiger charge is 2.24. The van der Waals surface area contributed by atoms with Gasteiger partial charge in [0.1, 0.15) is 5.75 Å². The van der Waals surface area contributed by atoms with Crippen LogP contribution in [0.15, 0.2) is 24.3 Å². The Bertz CT molecular complexity index is 649. The van der Waals surface area contributed by atoms with E-state index in [2.05, 4.69) is 5.32 Å². The van der Waals surface area contributed by atoms with Gasteiger partial charge in [-0.15, -0.1) is 0 Å². The summed E-state index contributed by atoms with van der Waals surface area (Å²) in [6, 6.07) is 6.54. The lowest BCUT2D eigenvalue weighted by Gasteiger charge is -2.32. The standard InChI is InChI=1S/C20H28N2O5/c1-4-26-20(25)27-17-7-5-15(6-8-17)19(24)22-11-9-16(10-12-22)21-18(23)13-14(2)3/h5-8,14,16H,4,9-13H2,1-3H3,(H,21,23). The largest absolute Gasteiger partial charge is 0.513 e. The quantitative estimate of drug-likeness (QED) is 0.609. The number of piperidine rings is 1. The molecule has 0 radical (unpaired) electrons. The Labute approximate surface area is 160 Å². The zero-order valence-corrected chi connectivity index (χ0v) is 16.2. The van der Waals surface area contributed by atoms with Crippen molar-refractivity contribution in [3.63, 3.8) is 0 Å². The molecular weight excluding hydrogens is 348 g/mol. The maximum absolute atomic E-state index is 12.6. The highest BCUT2D eigenvalue weighted by atomic mass is 16.7. The van der Waals surface area contributed by atoms with Gasteiger partial charge in [0, 0.05) is 31.1 Å². The molecule has 1 aromatic rings. The second kappa shape index (κ2) is 9.94. The van der Waals surface area contributed by atoms with E-state index in [-0.39, 0.29) is 24.5 Å². The molecule has 1 heterocycles. The summed E-state index contributed by atoms with van der Waals surface area (Å²) in [5, 5.41) is 3.05. The number of nitrogens with one attached hydrogen (secondary N) is 1. The number of hydrogen-bond donors (Lipinski definition) is 1. The van der Waals surface area contributed by atoms with Crippen LogP contribution in [0.5, 0.6) is 5.75 Å². The van der Waals surface area contributed by atoms with E-state index in [0.29, 0.717) is 36.7 Å². The lowest BCUT2D eigenvalue weighted by molar-refractivity contribution is -0.122. The number of carbonyl (C=O) groups is 3. The van der Waals surface area contributed by atoms with Gasteiger partial charge in [-0.05, 0) is 49.9 Å². The lowest BCUT2D eigenvalue weighted by atomic mass is 10.0. The average molecular weight is 376 g/mol. The summed E-state index contributed by atoms with van der Waals surface area (Å²) in [5.41, 5.74) is 0.536. The first-order valence-corrected chi connectivity index (χ1v) is 9.42. The molecule has 0 aliphatic carbocycles. The number of amides is 2. The topological polar surface area (TPSA) is 84.9 Å². The number of rotatable bonds is 6. The third kappa shape index (κ3) is 6.58. The normalized spacial score (nSPS) is 14.7. The molecule has 1 fully saturated rings. The second-order valence-electron chi connectivity index (χ2n) is 7.04. The van der Waals surface area contributed by atoms with Crippen LogP contribution in [-0.4, -0.2) is 48.6 Å². The van der Waals surface area contributed by atoms with E-state index in [9.17, 15) is 14.4 Å². The SMILES string of the molecule is CCOC(=O)Oc1ccc(C(=O)N2CCC(NC(=O)CC(C)C)CC2)cc1. The predicted molar refractivity (Wildman–Crippen MR) is 101 cm³/mol. The van der Waals surface area contributed by atoms with Gasteiger partial charge in [0.15, 0.2) is 0 Å². The monoisotopic (exact) mass is 376 g/mol.